The Morgan fingerprint density at radius 1 is 1.18 bits per heavy atom. The Bertz CT molecular complexity index is 900. The van der Waals surface area contributed by atoms with Gasteiger partial charge in [0.2, 0.25) is 5.91 Å². The van der Waals surface area contributed by atoms with Gasteiger partial charge in [-0.05, 0) is 49.7 Å². The van der Waals surface area contributed by atoms with E-state index in [0.29, 0.717) is 18.8 Å². The van der Waals surface area contributed by atoms with E-state index in [1.54, 1.807) is 24.3 Å². The molecule has 1 amide bonds. The first kappa shape index (κ1) is 20.4. The standard InChI is InChI=1S/C21H26N2O4S/c1-27-19-10-5-11-20(15-19)28(25,26)14-13-23-12-6-7-17(16-23)21(24)22-18-8-3-2-4-9-18/h2-5,8-11,15,17H,6-7,12-14,16H2,1H3,(H,22,24). The van der Waals surface area contributed by atoms with E-state index in [9.17, 15) is 13.2 Å². The highest BCUT2D eigenvalue weighted by atomic mass is 32.2. The number of carbonyl (C=O) groups excluding carboxylic acids is 1. The van der Waals surface area contributed by atoms with Crippen LogP contribution in [0.2, 0.25) is 0 Å². The van der Waals surface area contributed by atoms with Crippen molar-refractivity contribution in [2.75, 3.05) is 37.8 Å². The van der Waals surface area contributed by atoms with Crippen LogP contribution in [-0.4, -0.2) is 51.7 Å². The molecule has 1 atom stereocenters. The summed E-state index contributed by atoms with van der Waals surface area (Å²) in [5.74, 6) is 0.407. The fourth-order valence-electron chi connectivity index (χ4n) is 3.40. The van der Waals surface area contributed by atoms with Gasteiger partial charge in [0.15, 0.2) is 9.84 Å². The van der Waals surface area contributed by atoms with Gasteiger partial charge in [-0.2, -0.15) is 0 Å². The predicted molar refractivity (Wildman–Crippen MR) is 109 cm³/mol. The fraction of sp³-hybridized carbons (Fsp3) is 0.381. The molecule has 0 aromatic heterocycles. The van der Waals surface area contributed by atoms with E-state index in [2.05, 4.69) is 10.2 Å². The number of para-hydroxylation sites is 1. The van der Waals surface area contributed by atoms with Crippen LogP contribution in [0.25, 0.3) is 0 Å². The number of amides is 1. The molecule has 6 nitrogen and oxygen atoms in total. The van der Waals surface area contributed by atoms with Crippen LogP contribution >= 0.6 is 0 Å². The molecule has 0 spiro atoms. The zero-order valence-electron chi connectivity index (χ0n) is 16.0. The molecule has 2 aromatic rings. The SMILES string of the molecule is COc1cccc(S(=O)(=O)CCN2CCCC(C(=O)Nc3ccccc3)C2)c1. The Labute approximate surface area is 166 Å². The Kier molecular flexibility index (Phi) is 6.70. The molecule has 28 heavy (non-hydrogen) atoms. The summed E-state index contributed by atoms with van der Waals surface area (Å²) in [7, 11) is -1.89. The van der Waals surface area contributed by atoms with E-state index >= 15 is 0 Å². The minimum absolute atomic E-state index is 0.00782. The van der Waals surface area contributed by atoms with Crippen molar-refractivity contribution in [1.29, 1.82) is 0 Å². The molecule has 1 aliphatic rings. The number of carbonyl (C=O) groups is 1. The van der Waals surface area contributed by atoms with Crippen LogP contribution in [-0.2, 0) is 14.6 Å². The fourth-order valence-corrected chi connectivity index (χ4v) is 4.72. The molecule has 0 saturated carbocycles. The highest BCUT2D eigenvalue weighted by molar-refractivity contribution is 7.91. The largest absolute Gasteiger partial charge is 0.497 e. The first-order valence-corrected chi connectivity index (χ1v) is 11.1. The highest BCUT2D eigenvalue weighted by Crippen LogP contribution is 2.21. The molecule has 0 aliphatic carbocycles. The average Bonchev–Trinajstić information content (AvgIpc) is 2.73. The summed E-state index contributed by atoms with van der Waals surface area (Å²) in [6, 6.07) is 15.9. The second kappa shape index (κ2) is 9.21. The maximum atomic E-state index is 12.6. The molecule has 0 bridgehead atoms. The van der Waals surface area contributed by atoms with Gasteiger partial charge < -0.3 is 15.0 Å². The van der Waals surface area contributed by atoms with Crippen molar-refractivity contribution in [3.63, 3.8) is 0 Å². The number of hydrogen-bond acceptors (Lipinski definition) is 5. The number of benzene rings is 2. The smallest absolute Gasteiger partial charge is 0.228 e. The number of piperidine rings is 1. The topological polar surface area (TPSA) is 75.7 Å². The minimum atomic E-state index is -3.40. The maximum absolute atomic E-state index is 12.6. The number of ether oxygens (including phenoxy) is 1. The Morgan fingerprint density at radius 2 is 1.96 bits per heavy atom. The molecule has 1 aliphatic heterocycles. The second-order valence-electron chi connectivity index (χ2n) is 6.99. The average molecular weight is 403 g/mol. The van der Waals surface area contributed by atoms with E-state index < -0.39 is 9.84 Å². The molecule has 1 N–H and O–H groups in total. The first-order chi connectivity index (χ1) is 13.5. The number of nitrogens with one attached hydrogen (secondary N) is 1. The van der Waals surface area contributed by atoms with E-state index in [4.69, 9.17) is 4.74 Å². The van der Waals surface area contributed by atoms with E-state index in [-0.39, 0.29) is 22.5 Å². The van der Waals surface area contributed by atoms with Crippen molar-refractivity contribution in [3.05, 3.63) is 54.6 Å². The molecule has 7 heteroatoms. The van der Waals surface area contributed by atoms with Crippen LogP contribution < -0.4 is 10.1 Å². The van der Waals surface area contributed by atoms with Gasteiger partial charge in [-0.25, -0.2) is 8.42 Å². The minimum Gasteiger partial charge on any atom is -0.497 e. The molecule has 2 aromatic carbocycles. The van der Waals surface area contributed by atoms with Crippen molar-refractivity contribution in [2.24, 2.45) is 5.92 Å². The van der Waals surface area contributed by atoms with Crippen LogP contribution in [0.1, 0.15) is 12.8 Å². The van der Waals surface area contributed by atoms with Crippen LogP contribution in [0.4, 0.5) is 5.69 Å². The zero-order chi connectivity index (χ0) is 20.0. The number of methoxy groups -OCH3 is 1. The molecule has 1 fully saturated rings. The zero-order valence-corrected chi connectivity index (χ0v) is 16.8. The summed E-state index contributed by atoms with van der Waals surface area (Å²) in [5, 5.41) is 2.95. The lowest BCUT2D eigenvalue weighted by Crippen LogP contribution is -2.42. The first-order valence-electron chi connectivity index (χ1n) is 9.43. The summed E-state index contributed by atoms with van der Waals surface area (Å²) in [4.78, 5) is 14.9. The second-order valence-corrected chi connectivity index (χ2v) is 9.10. The summed E-state index contributed by atoms with van der Waals surface area (Å²) in [6.45, 7) is 1.80. The summed E-state index contributed by atoms with van der Waals surface area (Å²) in [5.41, 5.74) is 0.783. The van der Waals surface area contributed by atoms with Crippen molar-refractivity contribution in [2.45, 2.75) is 17.7 Å². The third kappa shape index (κ3) is 5.33. The van der Waals surface area contributed by atoms with Gasteiger partial charge in [-0.15, -0.1) is 0 Å². The van der Waals surface area contributed by atoms with Crippen molar-refractivity contribution < 1.29 is 17.9 Å². The lowest BCUT2D eigenvalue weighted by molar-refractivity contribution is -0.121. The summed E-state index contributed by atoms with van der Waals surface area (Å²) in [6.07, 6.45) is 1.70. The number of likely N-dealkylation sites (tertiary alicyclic amines) is 1. The molecular weight excluding hydrogens is 376 g/mol. The molecular formula is C21H26N2O4S. The quantitative estimate of drug-likeness (QED) is 0.771. The van der Waals surface area contributed by atoms with E-state index in [1.165, 1.54) is 7.11 Å². The molecule has 3 rings (SSSR count). The van der Waals surface area contributed by atoms with Crippen LogP contribution in [0, 0.1) is 5.92 Å². The van der Waals surface area contributed by atoms with E-state index in [1.807, 2.05) is 30.3 Å². The van der Waals surface area contributed by atoms with Crippen molar-refractivity contribution >= 4 is 21.4 Å². The van der Waals surface area contributed by atoms with Gasteiger partial charge in [0.05, 0.1) is 23.7 Å². The van der Waals surface area contributed by atoms with Crippen LogP contribution in [0.5, 0.6) is 5.75 Å². The van der Waals surface area contributed by atoms with Crippen LogP contribution in [0.3, 0.4) is 0 Å². The van der Waals surface area contributed by atoms with Gasteiger partial charge in [0, 0.05) is 18.8 Å². The molecule has 1 unspecified atom stereocenters. The molecule has 0 radical (unpaired) electrons. The number of nitrogens with zero attached hydrogens (tertiary/aromatic N) is 1. The van der Waals surface area contributed by atoms with Gasteiger partial charge in [-0.3, -0.25) is 4.79 Å². The molecule has 1 saturated heterocycles. The lowest BCUT2D eigenvalue weighted by Gasteiger charge is -2.31. The van der Waals surface area contributed by atoms with Gasteiger partial charge in [0.25, 0.3) is 0 Å². The van der Waals surface area contributed by atoms with Gasteiger partial charge in [0.1, 0.15) is 5.75 Å². The highest BCUT2D eigenvalue weighted by Gasteiger charge is 2.27. The molecule has 1 heterocycles. The number of hydrogen-bond donors (Lipinski definition) is 1. The Balaban J connectivity index is 1.56. The number of anilines is 1. The third-order valence-corrected chi connectivity index (χ3v) is 6.69. The monoisotopic (exact) mass is 402 g/mol. The Morgan fingerprint density at radius 3 is 2.71 bits per heavy atom. The summed E-state index contributed by atoms with van der Waals surface area (Å²) < 4.78 is 30.4. The normalized spacial score (nSPS) is 17.8. The Hall–Kier alpha value is -2.38. The van der Waals surface area contributed by atoms with Crippen molar-refractivity contribution in [1.82, 2.24) is 4.90 Å². The number of sulfone groups is 1. The third-order valence-electron chi connectivity index (χ3n) is 4.99. The maximum Gasteiger partial charge on any atom is 0.228 e. The van der Waals surface area contributed by atoms with Crippen molar-refractivity contribution in [3.8, 4) is 5.75 Å². The van der Waals surface area contributed by atoms with E-state index in [0.717, 1.165) is 25.1 Å². The predicted octanol–water partition coefficient (Wildman–Crippen LogP) is 2.82. The lowest BCUT2D eigenvalue weighted by atomic mass is 9.97. The van der Waals surface area contributed by atoms with Gasteiger partial charge in [-0.1, -0.05) is 24.3 Å². The molecule has 150 valence electrons. The van der Waals surface area contributed by atoms with Gasteiger partial charge >= 0.3 is 0 Å². The number of rotatable bonds is 7. The summed E-state index contributed by atoms with van der Waals surface area (Å²) >= 11 is 0. The van der Waals surface area contributed by atoms with Crippen LogP contribution in [0.15, 0.2) is 59.5 Å².